The van der Waals surface area contributed by atoms with Crippen molar-refractivity contribution in [2.45, 2.75) is 20.0 Å². The number of rotatable bonds is 4. The van der Waals surface area contributed by atoms with E-state index in [9.17, 15) is 4.79 Å². The van der Waals surface area contributed by atoms with Gasteiger partial charge in [0.25, 0.3) is 5.91 Å². The highest BCUT2D eigenvalue weighted by Crippen LogP contribution is 2.25. The number of para-hydroxylation sites is 2. The van der Waals surface area contributed by atoms with Gasteiger partial charge in [-0.1, -0.05) is 12.1 Å². The molecule has 3 aromatic rings. The quantitative estimate of drug-likeness (QED) is 0.803. The average molecular weight is 296 g/mol. The lowest BCUT2D eigenvalue weighted by molar-refractivity contribution is 0.101. The molecule has 6 nitrogen and oxygen atoms in total. The Hall–Kier alpha value is -2.89. The van der Waals surface area contributed by atoms with E-state index in [-0.39, 0.29) is 12.0 Å². The summed E-state index contributed by atoms with van der Waals surface area (Å²) in [5.74, 6) is 0.368. The van der Waals surface area contributed by atoms with Gasteiger partial charge < -0.3 is 10.1 Å². The summed E-state index contributed by atoms with van der Waals surface area (Å²) in [6, 6.07) is 10.7. The first-order valence-corrected chi connectivity index (χ1v) is 7.01. The fourth-order valence-electron chi connectivity index (χ4n) is 2.12. The summed E-state index contributed by atoms with van der Waals surface area (Å²) < 4.78 is 7.21. The van der Waals surface area contributed by atoms with Gasteiger partial charge in [-0.15, -0.1) is 0 Å². The number of hydrogen-bond donors (Lipinski definition) is 1. The fraction of sp³-hybridized carbons (Fsp3) is 0.188. The number of carbonyl (C=O) groups is 1. The van der Waals surface area contributed by atoms with Crippen molar-refractivity contribution in [3.8, 4) is 5.75 Å². The predicted octanol–water partition coefficient (Wildman–Crippen LogP) is 2.77. The van der Waals surface area contributed by atoms with Crippen molar-refractivity contribution in [1.82, 2.24) is 14.6 Å². The van der Waals surface area contributed by atoms with E-state index in [0.29, 0.717) is 22.8 Å². The van der Waals surface area contributed by atoms with Crippen LogP contribution >= 0.6 is 0 Å². The van der Waals surface area contributed by atoms with Gasteiger partial charge in [0, 0.05) is 12.3 Å². The van der Waals surface area contributed by atoms with E-state index in [0.717, 1.165) is 0 Å². The van der Waals surface area contributed by atoms with Crippen LogP contribution < -0.4 is 10.1 Å². The first-order valence-electron chi connectivity index (χ1n) is 7.01. The molecular formula is C16H16N4O2. The Kier molecular flexibility index (Phi) is 3.74. The molecule has 0 radical (unpaired) electrons. The van der Waals surface area contributed by atoms with Crippen LogP contribution in [0.15, 0.2) is 48.8 Å². The Morgan fingerprint density at radius 2 is 2.00 bits per heavy atom. The van der Waals surface area contributed by atoms with Crippen molar-refractivity contribution in [3.05, 3.63) is 54.5 Å². The number of amides is 1. The highest BCUT2D eigenvalue weighted by atomic mass is 16.5. The topological polar surface area (TPSA) is 68.5 Å². The zero-order valence-electron chi connectivity index (χ0n) is 12.4. The van der Waals surface area contributed by atoms with Crippen molar-refractivity contribution < 1.29 is 9.53 Å². The normalized spacial score (nSPS) is 10.9. The Bertz CT molecular complexity index is 811. The molecule has 6 heteroatoms. The van der Waals surface area contributed by atoms with E-state index in [2.05, 4.69) is 15.4 Å². The zero-order chi connectivity index (χ0) is 15.5. The van der Waals surface area contributed by atoms with Crippen molar-refractivity contribution in [2.75, 3.05) is 5.32 Å². The largest absolute Gasteiger partial charge is 0.489 e. The highest BCUT2D eigenvalue weighted by molar-refractivity contribution is 6.04. The minimum absolute atomic E-state index is 0.0248. The Labute approximate surface area is 127 Å². The highest BCUT2D eigenvalue weighted by Gasteiger charge is 2.14. The number of nitrogens with one attached hydrogen (secondary N) is 1. The Morgan fingerprint density at radius 1 is 1.18 bits per heavy atom. The molecule has 0 spiro atoms. The first kappa shape index (κ1) is 14.1. The first-order chi connectivity index (χ1) is 10.6. The molecule has 1 N–H and O–H groups in total. The number of hydrogen-bond acceptors (Lipinski definition) is 4. The monoisotopic (exact) mass is 296 g/mol. The maximum atomic E-state index is 12.5. The summed E-state index contributed by atoms with van der Waals surface area (Å²) in [6.07, 6.45) is 3.22. The summed E-state index contributed by atoms with van der Waals surface area (Å²) in [4.78, 5) is 16.7. The summed E-state index contributed by atoms with van der Waals surface area (Å²) in [7, 11) is 0. The number of anilines is 1. The van der Waals surface area contributed by atoms with Gasteiger partial charge in [0.2, 0.25) is 0 Å². The third-order valence-corrected chi connectivity index (χ3v) is 3.02. The number of benzene rings is 1. The van der Waals surface area contributed by atoms with Gasteiger partial charge in [-0.05, 0) is 32.0 Å². The zero-order valence-corrected chi connectivity index (χ0v) is 12.4. The van der Waals surface area contributed by atoms with Crippen molar-refractivity contribution in [2.24, 2.45) is 0 Å². The van der Waals surface area contributed by atoms with Crippen LogP contribution in [-0.2, 0) is 0 Å². The van der Waals surface area contributed by atoms with Gasteiger partial charge in [-0.25, -0.2) is 9.50 Å². The van der Waals surface area contributed by atoms with Gasteiger partial charge in [-0.2, -0.15) is 5.10 Å². The fourth-order valence-corrected chi connectivity index (χ4v) is 2.12. The second kappa shape index (κ2) is 5.85. The predicted molar refractivity (Wildman–Crippen MR) is 83.1 cm³/mol. The van der Waals surface area contributed by atoms with Gasteiger partial charge in [0.05, 0.1) is 18.0 Å². The summed E-state index contributed by atoms with van der Waals surface area (Å²) in [6.45, 7) is 3.88. The van der Waals surface area contributed by atoms with Gasteiger partial charge in [0.15, 0.2) is 5.65 Å². The molecule has 0 atom stereocenters. The van der Waals surface area contributed by atoms with Crippen molar-refractivity contribution >= 4 is 17.2 Å². The Balaban J connectivity index is 1.90. The Morgan fingerprint density at radius 3 is 2.82 bits per heavy atom. The van der Waals surface area contributed by atoms with Crippen LogP contribution in [0.5, 0.6) is 5.75 Å². The van der Waals surface area contributed by atoms with E-state index in [1.165, 1.54) is 4.52 Å². The van der Waals surface area contributed by atoms with Gasteiger partial charge >= 0.3 is 0 Å². The number of carbonyl (C=O) groups excluding carboxylic acids is 1. The molecule has 112 valence electrons. The molecule has 0 fully saturated rings. The average Bonchev–Trinajstić information content (AvgIpc) is 2.97. The molecule has 3 rings (SSSR count). The van der Waals surface area contributed by atoms with Gasteiger partial charge in [0.1, 0.15) is 11.4 Å². The molecule has 22 heavy (non-hydrogen) atoms. The summed E-state index contributed by atoms with van der Waals surface area (Å²) >= 11 is 0. The standard InChI is InChI=1S/C16H16N4O2/c1-11(2)22-14-6-4-3-5-12(14)19-16(21)13-7-9-17-15-8-10-18-20(13)15/h3-11H,1-2H3,(H,19,21). The van der Waals surface area contributed by atoms with Crippen LogP contribution in [0.4, 0.5) is 5.69 Å². The second-order valence-corrected chi connectivity index (χ2v) is 5.05. The van der Waals surface area contributed by atoms with Crippen LogP contribution in [0.2, 0.25) is 0 Å². The lowest BCUT2D eigenvalue weighted by Crippen LogP contribution is -2.18. The molecule has 0 aliphatic rings. The van der Waals surface area contributed by atoms with E-state index in [1.807, 2.05) is 32.0 Å². The molecule has 0 saturated heterocycles. The minimum atomic E-state index is -0.268. The maximum absolute atomic E-state index is 12.5. The van der Waals surface area contributed by atoms with Crippen LogP contribution in [0.25, 0.3) is 5.65 Å². The van der Waals surface area contributed by atoms with E-state index in [4.69, 9.17) is 4.74 Å². The molecule has 1 aromatic carbocycles. The molecular weight excluding hydrogens is 280 g/mol. The number of ether oxygens (including phenoxy) is 1. The van der Waals surface area contributed by atoms with Crippen LogP contribution in [-0.4, -0.2) is 26.6 Å². The third kappa shape index (κ3) is 2.76. The molecule has 0 aliphatic heterocycles. The second-order valence-electron chi connectivity index (χ2n) is 5.05. The minimum Gasteiger partial charge on any atom is -0.489 e. The lowest BCUT2D eigenvalue weighted by atomic mass is 10.2. The SMILES string of the molecule is CC(C)Oc1ccccc1NC(=O)c1ccnc2ccnn12. The van der Waals surface area contributed by atoms with Crippen LogP contribution in [0, 0.1) is 0 Å². The van der Waals surface area contributed by atoms with Gasteiger partial charge in [-0.3, -0.25) is 4.79 Å². The van der Waals surface area contributed by atoms with E-state index < -0.39 is 0 Å². The lowest BCUT2D eigenvalue weighted by Gasteiger charge is -2.14. The third-order valence-electron chi connectivity index (χ3n) is 3.02. The molecule has 2 aromatic heterocycles. The molecule has 1 amide bonds. The van der Waals surface area contributed by atoms with Crippen LogP contribution in [0.1, 0.15) is 24.3 Å². The number of nitrogens with zero attached hydrogens (tertiary/aromatic N) is 3. The molecule has 0 unspecified atom stereocenters. The van der Waals surface area contributed by atoms with Crippen molar-refractivity contribution in [3.63, 3.8) is 0 Å². The molecule has 0 aliphatic carbocycles. The van der Waals surface area contributed by atoms with Crippen LogP contribution in [0.3, 0.4) is 0 Å². The molecule has 0 bridgehead atoms. The van der Waals surface area contributed by atoms with E-state index >= 15 is 0 Å². The van der Waals surface area contributed by atoms with Crippen molar-refractivity contribution in [1.29, 1.82) is 0 Å². The summed E-state index contributed by atoms with van der Waals surface area (Å²) in [5.41, 5.74) is 1.66. The van der Waals surface area contributed by atoms with E-state index in [1.54, 1.807) is 30.6 Å². The smallest absolute Gasteiger partial charge is 0.274 e. The number of aromatic nitrogens is 3. The molecule has 0 saturated carbocycles. The summed E-state index contributed by atoms with van der Waals surface area (Å²) in [5, 5.41) is 6.98. The number of fused-ring (bicyclic) bond motifs is 1. The maximum Gasteiger partial charge on any atom is 0.274 e. The molecule has 2 heterocycles.